The molecule has 0 heterocycles. The molecule has 0 saturated heterocycles. The number of phosphoric ester groups is 1. The van der Waals surface area contributed by atoms with Gasteiger partial charge in [-0.15, -0.1) is 0 Å². The van der Waals surface area contributed by atoms with Crippen molar-refractivity contribution < 1.29 is 29.8 Å². The predicted molar refractivity (Wildman–Crippen MR) is 88.8 cm³/mol. The maximum atomic E-state index is 11.9. The molecule has 0 aromatic heterocycles. The van der Waals surface area contributed by atoms with Gasteiger partial charge in [0.15, 0.2) is 0 Å². The van der Waals surface area contributed by atoms with Gasteiger partial charge in [0.1, 0.15) is 6.10 Å². The second kappa shape index (κ2) is 10.7. The molecule has 1 fully saturated rings. The maximum absolute atomic E-state index is 11.9. The third-order valence-corrected chi connectivity index (χ3v) is 5.38. The van der Waals surface area contributed by atoms with Crippen LogP contribution in [0.25, 0.3) is 0 Å². The van der Waals surface area contributed by atoms with E-state index >= 15 is 0 Å². The summed E-state index contributed by atoms with van der Waals surface area (Å²) in [7, 11) is -4.34. The van der Waals surface area contributed by atoms with E-state index in [2.05, 4.69) is 4.52 Å². The van der Waals surface area contributed by atoms with Crippen LogP contribution in [0.2, 0.25) is 0 Å². The highest BCUT2D eigenvalue weighted by Crippen LogP contribution is 2.35. The van der Waals surface area contributed by atoms with Crippen molar-refractivity contribution in [3.8, 4) is 0 Å². The molecule has 0 aromatic rings. The monoisotopic (exact) mass is 356 g/mol. The van der Waals surface area contributed by atoms with Crippen LogP contribution in [0, 0.1) is 5.92 Å². The first-order valence-electron chi connectivity index (χ1n) is 7.87. The highest BCUT2D eigenvalue weighted by Gasteiger charge is 2.21. The quantitative estimate of drug-likeness (QED) is 0.352. The zero-order valence-corrected chi connectivity index (χ0v) is 14.8. The number of esters is 1. The number of thioether (sulfide) groups is 1. The fourth-order valence-electron chi connectivity index (χ4n) is 2.28. The SMILES string of the molecule is CC(CSCCCCOP(=O)(O)O)C(=O)OC1CCCCC1.[HH]. The van der Waals surface area contributed by atoms with E-state index in [0.717, 1.165) is 37.9 Å². The van der Waals surface area contributed by atoms with E-state index in [1.54, 1.807) is 11.8 Å². The molecule has 8 heteroatoms. The smallest absolute Gasteiger partial charge is 0.462 e. The number of unbranched alkanes of at least 4 members (excludes halogenated alkanes) is 1. The maximum Gasteiger partial charge on any atom is 0.469 e. The zero-order chi connectivity index (χ0) is 16.4. The zero-order valence-electron chi connectivity index (χ0n) is 13.1. The highest BCUT2D eigenvalue weighted by atomic mass is 32.2. The van der Waals surface area contributed by atoms with Crippen LogP contribution in [-0.4, -0.2) is 40.0 Å². The summed E-state index contributed by atoms with van der Waals surface area (Å²) in [4.78, 5) is 29.0. The van der Waals surface area contributed by atoms with Gasteiger partial charge in [0.25, 0.3) is 0 Å². The van der Waals surface area contributed by atoms with E-state index in [1.165, 1.54) is 6.42 Å². The standard InChI is InChI=1S/C14H27O6PS.H2/c1-12(14(15)20-13-7-3-2-4-8-13)11-22-10-6-5-9-19-21(16,17)18;/h12-13H,2-11H2,1H3,(H2,16,17,18);1H. The van der Waals surface area contributed by atoms with E-state index in [-0.39, 0.29) is 26.0 Å². The van der Waals surface area contributed by atoms with E-state index in [1.807, 2.05) is 6.92 Å². The summed E-state index contributed by atoms with van der Waals surface area (Å²) in [5, 5.41) is 0. The van der Waals surface area contributed by atoms with Crippen molar-refractivity contribution in [3.05, 3.63) is 0 Å². The Kier molecular flexibility index (Phi) is 9.68. The molecule has 0 bridgehead atoms. The fraction of sp³-hybridized carbons (Fsp3) is 0.929. The number of phosphoric acid groups is 1. The van der Waals surface area contributed by atoms with Gasteiger partial charge in [-0.2, -0.15) is 11.8 Å². The Balaban J connectivity index is 0.00000484. The molecule has 1 aliphatic carbocycles. The molecule has 22 heavy (non-hydrogen) atoms. The third-order valence-electron chi connectivity index (χ3n) is 3.55. The first-order chi connectivity index (χ1) is 10.4. The molecule has 1 atom stereocenters. The topological polar surface area (TPSA) is 93.1 Å². The van der Waals surface area contributed by atoms with Crippen molar-refractivity contribution in [1.82, 2.24) is 0 Å². The van der Waals surface area contributed by atoms with E-state index < -0.39 is 7.82 Å². The molecule has 6 nitrogen and oxygen atoms in total. The van der Waals surface area contributed by atoms with Gasteiger partial charge in [0, 0.05) is 7.18 Å². The lowest BCUT2D eigenvalue weighted by molar-refractivity contribution is -0.154. The Morgan fingerprint density at radius 1 is 1.32 bits per heavy atom. The number of ether oxygens (including phenoxy) is 1. The van der Waals surface area contributed by atoms with Crippen LogP contribution in [0.3, 0.4) is 0 Å². The first kappa shape index (κ1) is 20.0. The number of hydrogen-bond acceptors (Lipinski definition) is 5. The van der Waals surface area contributed by atoms with E-state index in [4.69, 9.17) is 14.5 Å². The molecule has 2 N–H and O–H groups in total. The third kappa shape index (κ3) is 9.85. The molecule has 132 valence electrons. The minimum Gasteiger partial charge on any atom is -0.462 e. The summed E-state index contributed by atoms with van der Waals surface area (Å²) in [6.45, 7) is 1.94. The molecule has 1 saturated carbocycles. The summed E-state index contributed by atoms with van der Waals surface area (Å²) in [5.41, 5.74) is 0. The molecule has 0 amide bonds. The number of carbonyl (C=O) groups is 1. The lowest BCUT2D eigenvalue weighted by Crippen LogP contribution is -2.25. The normalized spacial score (nSPS) is 18.1. The summed E-state index contributed by atoms with van der Waals surface area (Å²) < 4.78 is 20.4. The van der Waals surface area contributed by atoms with E-state index in [9.17, 15) is 9.36 Å². The van der Waals surface area contributed by atoms with Crippen molar-refractivity contribution in [2.45, 2.75) is 58.0 Å². The molecule has 0 aliphatic heterocycles. The van der Waals surface area contributed by atoms with Gasteiger partial charge in [0.05, 0.1) is 12.5 Å². The van der Waals surface area contributed by atoms with Crippen LogP contribution in [0.5, 0.6) is 0 Å². The van der Waals surface area contributed by atoms with Crippen LogP contribution in [0.1, 0.15) is 53.3 Å². The summed E-state index contributed by atoms with van der Waals surface area (Å²) in [6.07, 6.45) is 7.03. The van der Waals surface area contributed by atoms with Gasteiger partial charge in [-0.05, 0) is 44.3 Å². The number of rotatable bonds is 10. The molecular formula is C14H29O6PS. The van der Waals surface area contributed by atoms with Crippen molar-refractivity contribution >= 4 is 25.6 Å². The molecule has 0 radical (unpaired) electrons. The van der Waals surface area contributed by atoms with Gasteiger partial charge < -0.3 is 14.5 Å². The Labute approximate surface area is 138 Å². The van der Waals surface area contributed by atoms with Crippen molar-refractivity contribution in [2.75, 3.05) is 18.1 Å². The largest absolute Gasteiger partial charge is 0.469 e. The van der Waals surface area contributed by atoms with Gasteiger partial charge in [-0.25, -0.2) is 4.57 Å². The second-order valence-electron chi connectivity index (χ2n) is 5.70. The van der Waals surface area contributed by atoms with Crippen molar-refractivity contribution in [2.24, 2.45) is 5.92 Å². The van der Waals surface area contributed by atoms with Gasteiger partial charge in [-0.1, -0.05) is 13.3 Å². The molecular weight excluding hydrogens is 327 g/mol. The van der Waals surface area contributed by atoms with Gasteiger partial charge in [0.2, 0.25) is 0 Å². The van der Waals surface area contributed by atoms with Crippen molar-refractivity contribution in [1.29, 1.82) is 0 Å². The van der Waals surface area contributed by atoms with Crippen LogP contribution in [0.15, 0.2) is 0 Å². The Morgan fingerprint density at radius 2 is 2.00 bits per heavy atom. The van der Waals surface area contributed by atoms with Crippen LogP contribution in [-0.2, 0) is 18.6 Å². The fourth-order valence-corrected chi connectivity index (χ4v) is 3.71. The Hall–Kier alpha value is -0.0700. The number of carbonyl (C=O) groups excluding carboxylic acids is 1. The van der Waals surface area contributed by atoms with Gasteiger partial charge in [-0.3, -0.25) is 9.32 Å². The van der Waals surface area contributed by atoms with Crippen LogP contribution >= 0.6 is 19.6 Å². The predicted octanol–water partition coefficient (Wildman–Crippen LogP) is 3.37. The minimum absolute atomic E-state index is 0. The first-order valence-corrected chi connectivity index (χ1v) is 10.6. The van der Waals surface area contributed by atoms with Crippen LogP contribution in [0.4, 0.5) is 0 Å². The Morgan fingerprint density at radius 3 is 2.64 bits per heavy atom. The van der Waals surface area contributed by atoms with Crippen LogP contribution < -0.4 is 0 Å². The summed E-state index contributed by atoms with van der Waals surface area (Å²) in [5.74, 6) is 1.33. The molecule has 1 unspecified atom stereocenters. The van der Waals surface area contributed by atoms with Crippen molar-refractivity contribution in [3.63, 3.8) is 0 Å². The summed E-state index contributed by atoms with van der Waals surface area (Å²) in [6, 6.07) is 0. The molecule has 0 spiro atoms. The minimum atomic E-state index is -4.34. The second-order valence-corrected chi connectivity index (χ2v) is 8.09. The van der Waals surface area contributed by atoms with E-state index in [0.29, 0.717) is 12.2 Å². The van der Waals surface area contributed by atoms with Gasteiger partial charge >= 0.3 is 13.8 Å². The lowest BCUT2D eigenvalue weighted by atomic mass is 9.98. The molecule has 1 aliphatic rings. The lowest BCUT2D eigenvalue weighted by Gasteiger charge is -2.23. The highest BCUT2D eigenvalue weighted by molar-refractivity contribution is 7.99. The molecule has 0 aromatic carbocycles. The average molecular weight is 356 g/mol. The average Bonchev–Trinajstić information content (AvgIpc) is 2.46. The summed E-state index contributed by atoms with van der Waals surface area (Å²) >= 11 is 1.66. The number of hydrogen-bond donors (Lipinski definition) is 2. The molecule has 1 rings (SSSR count). The Bertz CT molecular complexity index is 372.